The van der Waals surface area contributed by atoms with Crippen molar-refractivity contribution in [1.29, 1.82) is 5.26 Å². The number of benzene rings is 3. The fraction of sp³-hybridized carbons (Fsp3) is 0.219. The molecule has 228 valence electrons. The molecule has 3 aromatic carbocycles. The lowest BCUT2D eigenvalue weighted by atomic mass is 9.81. The number of ether oxygens (including phenoxy) is 2. The van der Waals surface area contributed by atoms with Gasteiger partial charge in [0.2, 0.25) is 0 Å². The van der Waals surface area contributed by atoms with Crippen molar-refractivity contribution in [2.24, 2.45) is 5.73 Å². The number of carbonyl (C=O) groups is 2. The predicted molar refractivity (Wildman–Crippen MR) is 165 cm³/mol. The molecule has 0 fully saturated rings. The molecule has 0 aromatic heterocycles. The smallest absolute Gasteiger partial charge is 0.355 e. The van der Waals surface area contributed by atoms with Crippen LogP contribution in [0.25, 0.3) is 0 Å². The summed E-state index contributed by atoms with van der Waals surface area (Å²) >= 11 is 1.13. The van der Waals surface area contributed by atoms with Crippen LogP contribution in [0.15, 0.2) is 110 Å². The van der Waals surface area contributed by atoms with Gasteiger partial charge < -0.3 is 15.2 Å². The van der Waals surface area contributed by atoms with Gasteiger partial charge in [-0.2, -0.15) is 13.7 Å². The Morgan fingerprint density at radius 3 is 2.11 bits per heavy atom. The third-order valence-electron chi connectivity index (χ3n) is 7.03. The van der Waals surface area contributed by atoms with Crippen LogP contribution in [0.1, 0.15) is 37.8 Å². The van der Waals surface area contributed by atoms with E-state index in [-0.39, 0.29) is 38.7 Å². The zero-order valence-electron chi connectivity index (χ0n) is 24.7. The molecule has 4 rings (SSSR count). The summed E-state index contributed by atoms with van der Waals surface area (Å²) in [6, 6.07) is 21.9. The van der Waals surface area contributed by atoms with Crippen LogP contribution in [0.3, 0.4) is 0 Å². The number of allylic oxidation sites excluding steroid dienone is 1. The Kier molecular flexibility index (Phi) is 9.25. The lowest BCUT2D eigenvalue weighted by Crippen LogP contribution is -2.41. The average molecular weight is 634 g/mol. The molecule has 1 atom stereocenters. The molecule has 3 N–H and O–H groups in total. The predicted octanol–water partition coefficient (Wildman–Crippen LogP) is 5.28. The highest BCUT2D eigenvalue weighted by Crippen LogP contribution is 2.46. The van der Waals surface area contributed by atoms with Gasteiger partial charge in [0.1, 0.15) is 11.5 Å². The standard InChI is InChI=1S/C32H31N3O7S2/c1-32(2,3)20-11-13-21(14-12-20)43-25-17-22(44(38,39)40)15-16-24(25)35-28(31(37)42-5)27(30(36)41-4)26(23(18-33)29(35)34)19-9-7-6-8-10-19/h6-17,26H,34H2,1-5H3,(H,38,39,40). The van der Waals surface area contributed by atoms with Crippen LogP contribution in [-0.2, 0) is 34.6 Å². The van der Waals surface area contributed by atoms with E-state index in [1.807, 2.05) is 24.3 Å². The highest BCUT2D eigenvalue weighted by atomic mass is 32.2. The van der Waals surface area contributed by atoms with Gasteiger partial charge in [0.05, 0.1) is 47.9 Å². The van der Waals surface area contributed by atoms with Crippen LogP contribution in [0.4, 0.5) is 5.69 Å². The summed E-state index contributed by atoms with van der Waals surface area (Å²) in [5, 5.41) is 10.3. The quantitative estimate of drug-likeness (QED) is 0.257. The van der Waals surface area contributed by atoms with E-state index in [4.69, 9.17) is 15.2 Å². The van der Waals surface area contributed by atoms with Crippen LogP contribution >= 0.6 is 11.8 Å². The summed E-state index contributed by atoms with van der Waals surface area (Å²) in [7, 11) is -2.35. The van der Waals surface area contributed by atoms with Crippen molar-refractivity contribution in [3.8, 4) is 6.07 Å². The Hall–Kier alpha value is -4.57. The first kappa shape index (κ1) is 32.3. The number of esters is 2. The van der Waals surface area contributed by atoms with Crippen LogP contribution in [0.2, 0.25) is 0 Å². The number of rotatable bonds is 7. The van der Waals surface area contributed by atoms with E-state index >= 15 is 0 Å². The Morgan fingerprint density at radius 1 is 0.977 bits per heavy atom. The van der Waals surface area contributed by atoms with Gasteiger partial charge in [-0.15, -0.1) is 0 Å². The second-order valence-electron chi connectivity index (χ2n) is 10.8. The van der Waals surface area contributed by atoms with E-state index in [0.717, 1.165) is 37.6 Å². The number of methoxy groups -OCH3 is 2. The maximum atomic E-state index is 13.5. The first-order valence-corrected chi connectivity index (χ1v) is 15.5. The summed E-state index contributed by atoms with van der Waals surface area (Å²) in [6.07, 6.45) is 0. The number of hydrogen-bond donors (Lipinski definition) is 2. The largest absolute Gasteiger partial charge is 0.466 e. The third-order valence-corrected chi connectivity index (χ3v) is 8.93. The number of nitrogens with zero attached hydrogens (tertiary/aromatic N) is 2. The minimum absolute atomic E-state index is 0.0476. The van der Waals surface area contributed by atoms with Gasteiger partial charge >= 0.3 is 11.9 Å². The van der Waals surface area contributed by atoms with E-state index < -0.39 is 32.9 Å². The molecule has 1 aliphatic heterocycles. The van der Waals surface area contributed by atoms with E-state index in [1.165, 1.54) is 17.0 Å². The minimum atomic E-state index is -4.63. The van der Waals surface area contributed by atoms with Gasteiger partial charge in [0.15, 0.2) is 0 Å². The minimum Gasteiger partial charge on any atom is -0.466 e. The molecular weight excluding hydrogens is 603 g/mol. The van der Waals surface area contributed by atoms with Gasteiger partial charge in [-0.05, 0) is 46.9 Å². The normalized spacial score (nSPS) is 15.6. The Morgan fingerprint density at radius 2 is 1.59 bits per heavy atom. The topological polar surface area (TPSA) is 160 Å². The van der Waals surface area contributed by atoms with E-state index in [1.54, 1.807) is 30.3 Å². The first-order valence-electron chi connectivity index (χ1n) is 13.3. The fourth-order valence-corrected chi connectivity index (χ4v) is 6.39. The maximum absolute atomic E-state index is 13.5. The number of anilines is 1. The average Bonchev–Trinajstić information content (AvgIpc) is 2.99. The first-order chi connectivity index (χ1) is 20.7. The number of carbonyl (C=O) groups excluding carboxylic acids is 2. The zero-order chi connectivity index (χ0) is 32.4. The second-order valence-corrected chi connectivity index (χ2v) is 13.4. The molecule has 0 radical (unpaired) electrons. The molecule has 0 amide bonds. The van der Waals surface area contributed by atoms with Crippen LogP contribution < -0.4 is 10.6 Å². The van der Waals surface area contributed by atoms with Crippen molar-refractivity contribution in [1.82, 2.24) is 0 Å². The maximum Gasteiger partial charge on any atom is 0.355 e. The van der Waals surface area contributed by atoms with Crippen molar-refractivity contribution >= 4 is 39.5 Å². The highest BCUT2D eigenvalue weighted by molar-refractivity contribution is 7.99. The fourth-order valence-electron chi connectivity index (χ4n) is 4.83. The molecule has 12 heteroatoms. The molecular formula is C32H31N3O7S2. The molecule has 1 unspecified atom stereocenters. The molecule has 0 saturated carbocycles. The Bertz CT molecular complexity index is 1820. The number of nitrogens with two attached hydrogens (primary N) is 1. The summed E-state index contributed by atoms with van der Waals surface area (Å²) in [6.45, 7) is 6.22. The molecule has 1 heterocycles. The zero-order valence-corrected chi connectivity index (χ0v) is 26.3. The lowest BCUT2D eigenvalue weighted by Gasteiger charge is -2.36. The van der Waals surface area contributed by atoms with Gasteiger partial charge in [-0.3, -0.25) is 9.45 Å². The molecule has 1 aliphatic rings. The monoisotopic (exact) mass is 633 g/mol. The van der Waals surface area contributed by atoms with Crippen LogP contribution in [0, 0.1) is 11.3 Å². The van der Waals surface area contributed by atoms with Gasteiger partial charge in [0, 0.05) is 9.79 Å². The van der Waals surface area contributed by atoms with Crippen molar-refractivity contribution < 1.29 is 32.0 Å². The summed E-state index contributed by atoms with van der Waals surface area (Å²) < 4.78 is 44.3. The number of nitriles is 1. The van der Waals surface area contributed by atoms with Gasteiger partial charge in [0.25, 0.3) is 10.1 Å². The van der Waals surface area contributed by atoms with E-state index in [9.17, 15) is 27.8 Å². The second kappa shape index (κ2) is 12.6. The van der Waals surface area contributed by atoms with Crippen molar-refractivity contribution in [2.45, 2.75) is 46.8 Å². The molecule has 0 spiro atoms. The molecule has 0 aliphatic carbocycles. The molecule has 10 nitrogen and oxygen atoms in total. The summed E-state index contributed by atoms with van der Waals surface area (Å²) in [5.41, 5.74) is 7.71. The SMILES string of the molecule is COC(=O)C1=C(C(=O)OC)N(c2ccc(S(=O)(=O)O)cc2Sc2ccc(C(C)(C)C)cc2)C(N)=C(C#N)C1c1ccccc1. The molecule has 0 saturated heterocycles. The lowest BCUT2D eigenvalue weighted by molar-refractivity contribution is -0.139. The number of hydrogen-bond acceptors (Lipinski definition) is 10. The van der Waals surface area contributed by atoms with E-state index in [2.05, 4.69) is 26.8 Å². The Labute approximate surface area is 260 Å². The van der Waals surface area contributed by atoms with Crippen LogP contribution in [-0.4, -0.2) is 39.1 Å². The van der Waals surface area contributed by atoms with Crippen molar-refractivity contribution in [3.05, 3.63) is 107 Å². The van der Waals surface area contributed by atoms with Crippen molar-refractivity contribution in [2.75, 3.05) is 19.1 Å². The van der Waals surface area contributed by atoms with Gasteiger partial charge in [-0.25, -0.2) is 9.59 Å². The molecule has 44 heavy (non-hydrogen) atoms. The highest BCUT2D eigenvalue weighted by Gasteiger charge is 2.43. The van der Waals surface area contributed by atoms with Gasteiger partial charge in [-0.1, -0.05) is 75.0 Å². The molecule has 3 aromatic rings. The Balaban J connectivity index is 2.04. The van der Waals surface area contributed by atoms with Crippen LogP contribution in [0.5, 0.6) is 0 Å². The third kappa shape index (κ3) is 6.35. The van der Waals surface area contributed by atoms with Crippen molar-refractivity contribution in [3.63, 3.8) is 0 Å². The molecule has 0 bridgehead atoms. The summed E-state index contributed by atoms with van der Waals surface area (Å²) in [5.74, 6) is -3.10. The summed E-state index contributed by atoms with van der Waals surface area (Å²) in [4.78, 5) is 28.6. The van der Waals surface area contributed by atoms with E-state index in [0.29, 0.717) is 10.5 Å².